The van der Waals surface area contributed by atoms with E-state index in [1.807, 2.05) is 4.90 Å². The molecule has 0 bridgehead atoms. The minimum absolute atomic E-state index is 0.0794. The predicted molar refractivity (Wildman–Crippen MR) is 130 cm³/mol. The first-order valence-corrected chi connectivity index (χ1v) is 12.1. The number of fused-ring (bicyclic) bond motifs is 2. The van der Waals surface area contributed by atoms with E-state index in [-0.39, 0.29) is 17.5 Å². The monoisotopic (exact) mass is 520 g/mol. The molecule has 1 amide bonds. The number of carbonyl (C=O) groups excluding carboxylic acids is 1. The van der Waals surface area contributed by atoms with Crippen LogP contribution in [0.1, 0.15) is 31.3 Å². The molecule has 0 radical (unpaired) electrons. The zero-order valence-electron chi connectivity index (χ0n) is 19.9. The van der Waals surface area contributed by atoms with Gasteiger partial charge >= 0.3 is 5.92 Å². The number of carbonyl (C=O) groups is 1. The van der Waals surface area contributed by atoms with Gasteiger partial charge in [-0.25, -0.2) is 0 Å². The Morgan fingerprint density at radius 3 is 2.58 bits per heavy atom. The maximum atomic E-state index is 15.2. The van der Waals surface area contributed by atoms with Crippen LogP contribution in [0.15, 0.2) is 46.9 Å². The van der Waals surface area contributed by atoms with Crippen molar-refractivity contribution in [3.8, 4) is 11.5 Å². The van der Waals surface area contributed by atoms with Crippen molar-refractivity contribution in [1.82, 2.24) is 10.2 Å². The number of amides is 1. The molecule has 3 heterocycles. The van der Waals surface area contributed by atoms with Gasteiger partial charge in [0.05, 0.1) is 6.04 Å². The third-order valence-electron chi connectivity index (χ3n) is 6.44. The molecule has 2 N–H and O–H groups in total. The van der Waals surface area contributed by atoms with E-state index in [9.17, 15) is 9.90 Å². The molecule has 3 aromatic rings. The van der Waals surface area contributed by atoms with Gasteiger partial charge in [-0.3, -0.25) is 4.79 Å². The van der Waals surface area contributed by atoms with Crippen molar-refractivity contribution >= 4 is 28.5 Å². The van der Waals surface area contributed by atoms with Crippen LogP contribution in [0.5, 0.6) is 11.5 Å². The van der Waals surface area contributed by atoms with Crippen LogP contribution in [0.3, 0.4) is 0 Å². The number of nitrogens with one attached hydrogen (secondary N) is 1. The average Bonchev–Trinajstić information content (AvgIpc) is 3.25. The van der Waals surface area contributed by atoms with Crippen molar-refractivity contribution in [1.29, 1.82) is 0 Å². The quantitative estimate of drug-likeness (QED) is 0.477. The van der Waals surface area contributed by atoms with Crippen LogP contribution in [0.25, 0.3) is 11.0 Å². The molecule has 5 rings (SSSR count). The van der Waals surface area contributed by atoms with E-state index in [2.05, 4.69) is 19.2 Å². The first-order valence-electron chi connectivity index (χ1n) is 11.7. The van der Waals surface area contributed by atoms with Crippen LogP contribution >= 0.6 is 11.6 Å². The number of halogens is 3. The second-order valence-corrected chi connectivity index (χ2v) is 10.6. The molecule has 2 unspecified atom stereocenters. The maximum Gasteiger partial charge on any atom is 0.380 e. The van der Waals surface area contributed by atoms with Crippen LogP contribution in [-0.2, 0) is 10.7 Å². The summed E-state index contributed by atoms with van der Waals surface area (Å²) in [5.74, 6) is -5.33. The fourth-order valence-electron chi connectivity index (χ4n) is 4.81. The first-order chi connectivity index (χ1) is 17.0. The lowest BCUT2D eigenvalue weighted by molar-refractivity contribution is -0.151. The number of hydrogen-bond donors (Lipinski definition) is 2. The number of aliphatic hydroxyl groups excluding tert-OH is 1. The summed E-state index contributed by atoms with van der Waals surface area (Å²) in [5, 5.41) is 14.3. The van der Waals surface area contributed by atoms with Crippen molar-refractivity contribution in [2.75, 3.05) is 32.8 Å². The zero-order chi connectivity index (χ0) is 25.7. The molecule has 2 aromatic carbocycles. The van der Waals surface area contributed by atoms with E-state index in [0.29, 0.717) is 53.8 Å². The van der Waals surface area contributed by atoms with Gasteiger partial charge < -0.3 is 29.2 Å². The molecule has 36 heavy (non-hydrogen) atoms. The Labute approximate surface area is 211 Å². The Morgan fingerprint density at radius 2 is 1.86 bits per heavy atom. The lowest BCUT2D eigenvalue weighted by Gasteiger charge is -2.47. The number of benzene rings is 2. The molecule has 0 saturated carbocycles. The molecule has 1 aromatic heterocycles. The van der Waals surface area contributed by atoms with Crippen molar-refractivity contribution in [3.05, 3.63) is 58.8 Å². The lowest BCUT2D eigenvalue weighted by atomic mass is 9.84. The third-order valence-corrected chi connectivity index (χ3v) is 6.67. The summed E-state index contributed by atoms with van der Waals surface area (Å²) < 4.78 is 46.8. The fourth-order valence-corrected chi connectivity index (χ4v) is 4.99. The van der Waals surface area contributed by atoms with E-state index in [4.69, 9.17) is 25.5 Å². The maximum absolute atomic E-state index is 15.2. The SMILES string of the molecule is CC1(C)CN(CC(NC(=O)C(F)(F)c2cc3cc(Cl)ccc3o2)C(O)c2ccc3c(c2)OCCO3)C1. The Bertz CT molecular complexity index is 1290. The smallest absolute Gasteiger partial charge is 0.380 e. The molecular weight excluding hydrogens is 494 g/mol. The highest BCUT2D eigenvalue weighted by Crippen LogP contribution is 2.37. The highest BCUT2D eigenvalue weighted by Gasteiger charge is 2.47. The number of nitrogens with zero attached hydrogens (tertiary/aromatic N) is 1. The molecule has 2 atom stereocenters. The van der Waals surface area contributed by atoms with E-state index >= 15 is 8.78 Å². The lowest BCUT2D eigenvalue weighted by Crippen LogP contribution is -2.59. The van der Waals surface area contributed by atoms with Gasteiger partial charge in [-0.15, -0.1) is 0 Å². The van der Waals surface area contributed by atoms with E-state index in [1.54, 1.807) is 18.2 Å². The number of hydrogen-bond acceptors (Lipinski definition) is 6. The first kappa shape index (κ1) is 24.8. The highest BCUT2D eigenvalue weighted by molar-refractivity contribution is 6.31. The normalized spacial score (nSPS) is 18.9. The van der Waals surface area contributed by atoms with E-state index in [1.165, 1.54) is 18.2 Å². The van der Waals surface area contributed by atoms with Crippen molar-refractivity contribution in [2.24, 2.45) is 5.41 Å². The molecule has 0 aliphatic carbocycles. The number of rotatable bonds is 7. The molecule has 7 nitrogen and oxygen atoms in total. The summed E-state index contributed by atoms with van der Waals surface area (Å²) in [6, 6.07) is 9.47. The number of aliphatic hydroxyl groups is 1. The van der Waals surface area contributed by atoms with Crippen LogP contribution in [-0.4, -0.2) is 54.8 Å². The Balaban J connectivity index is 1.39. The second-order valence-electron chi connectivity index (χ2n) is 10.1. The van der Waals surface area contributed by atoms with Crippen LogP contribution in [0, 0.1) is 5.41 Å². The molecular formula is C26H27ClF2N2O5. The van der Waals surface area contributed by atoms with Crippen molar-refractivity contribution in [3.63, 3.8) is 0 Å². The molecule has 2 aliphatic rings. The second kappa shape index (κ2) is 9.21. The number of ether oxygens (including phenoxy) is 2. The topological polar surface area (TPSA) is 84.2 Å². The van der Waals surface area contributed by atoms with Crippen LogP contribution < -0.4 is 14.8 Å². The summed E-state index contributed by atoms with van der Waals surface area (Å²) in [7, 11) is 0. The third kappa shape index (κ3) is 4.87. The minimum Gasteiger partial charge on any atom is -0.486 e. The van der Waals surface area contributed by atoms with Crippen molar-refractivity contribution < 1.29 is 32.6 Å². The highest BCUT2D eigenvalue weighted by atomic mass is 35.5. The number of likely N-dealkylation sites (tertiary alicyclic amines) is 1. The predicted octanol–water partition coefficient (Wildman–Crippen LogP) is 4.51. The van der Waals surface area contributed by atoms with Gasteiger partial charge in [0, 0.05) is 30.0 Å². The Morgan fingerprint density at radius 1 is 1.14 bits per heavy atom. The zero-order valence-corrected chi connectivity index (χ0v) is 20.6. The van der Waals surface area contributed by atoms with E-state index in [0.717, 1.165) is 6.07 Å². The summed E-state index contributed by atoms with van der Waals surface area (Å²) in [4.78, 5) is 14.9. The van der Waals surface area contributed by atoms with Gasteiger partial charge in [-0.1, -0.05) is 31.5 Å². The van der Waals surface area contributed by atoms with Crippen LogP contribution in [0.4, 0.5) is 8.78 Å². The largest absolute Gasteiger partial charge is 0.486 e. The van der Waals surface area contributed by atoms with Crippen molar-refractivity contribution in [2.45, 2.75) is 31.9 Å². The number of alkyl halides is 2. The fraction of sp³-hybridized carbons (Fsp3) is 0.423. The number of furan rings is 1. The van der Waals surface area contributed by atoms with Gasteiger partial charge in [0.1, 0.15) is 24.9 Å². The van der Waals surface area contributed by atoms with Crippen LogP contribution in [0.2, 0.25) is 5.02 Å². The summed E-state index contributed by atoms with van der Waals surface area (Å²) in [6.07, 6.45) is -1.27. The van der Waals surface area contributed by atoms with Gasteiger partial charge in [0.25, 0.3) is 5.91 Å². The summed E-state index contributed by atoms with van der Waals surface area (Å²) in [6.45, 7) is 6.59. The molecule has 1 saturated heterocycles. The van der Waals surface area contributed by atoms with Gasteiger partial charge in [-0.2, -0.15) is 8.78 Å². The standard InChI is InChI=1S/C26H27ClF2N2O5/c1-25(2)13-31(14-25)12-18(23(32)15-3-5-20-21(10-15)35-8-7-34-20)30-24(33)26(28,29)22-11-16-9-17(27)4-6-19(16)36-22/h3-6,9-11,18,23,32H,7-8,12-14H2,1-2H3,(H,30,33). The van der Waals surface area contributed by atoms with Gasteiger partial charge in [-0.05, 0) is 47.4 Å². The summed E-state index contributed by atoms with van der Waals surface area (Å²) in [5.41, 5.74) is 0.694. The average molecular weight is 521 g/mol. The Hall–Kier alpha value is -2.88. The Kier molecular flexibility index (Phi) is 6.34. The molecule has 2 aliphatic heterocycles. The molecule has 0 spiro atoms. The molecule has 1 fully saturated rings. The van der Waals surface area contributed by atoms with Gasteiger partial charge in [0.15, 0.2) is 17.3 Å². The van der Waals surface area contributed by atoms with E-state index < -0.39 is 29.7 Å². The minimum atomic E-state index is -3.97. The molecule has 192 valence electrons. The summed E-state index contributed by atoms with van der Waals surface area (Å²) >= 11 is 5.94. The molecule has 10 heteroatoms. The van der Waals surface area contributed by atoms with Gasteiger partial charge in [0.2, 0.25) is 0 Å².